The first kappa shape index (κ1) is 15.8. The number of benzene rings is 1. The molecule has 1 aliphatic rings. The van der Waals surface area contributed by atoms with Gasteiger partial charge in [0.1, 0.15) is 4.90 Å². The lowest BCUT2D eigenvalue weighted by molar-refractivity contribution is -0.119. The zero-order valence-electron chi connectivity index (χ0n) is 12.3. The van der Waals surface area contributed by atoms with E-state index in [2.05, 4.69) is 5.32 Å². The quantitative estimate of drug-likeness (QED) is 0.810. The number of amides is 1. The van der Waals surface area contributed by atoms with E-state index in [-0.39, 0.29) is 22.5 Å². The van der Waals surface area contributed by atoms with Crippen LogP contribution >= 0.6 is 0 Å². The number of hydrogen-bond donors (Lipinski definition) is 2. The van der Waals surface area contributed by atoms with Crippen molar-refractivity contribution in [3.8, 4) is 0 Å². The fourth-order valence-electron chi connectivity index (χ4n) is 2.68. The molecule has 1 fully saturated rings. The number of rotatable bonds is 3. The highest BCUT2D eigenvalue weighted by Crippen LogP contribution is 2.27. The third-order valence-electron chi connectivity index (χ3n) is 3.70. The Morgan fingerprint density at radius 3 is 2.48 bits per heavy atom. The van der Waals surface area contributed by atoms with Gasteiger partial charge in [0.05, 0.1) is 5.69 Å². The number of carbonyl (C=O) groups is 1. The van der Waals surface area contributed by atoms with E-state index >= 15 is 0 Å². The summed E-state index contributed by atoms with van der Waals surface area (Å²) < 4.78 is 26.9. The highest BCUT2D eigenvalue weighted by molar-refractivity contribution is 7.89. The van der Waals surface area contributed by atoms with Gasteiger partial charge in [-0.2, -0.15) is 4.31 Å². The second kappa shape index (κ2) is 6.03. The number of sulfonamides is 1. The van der Waals surface area contributed by atoms with Crippen LogP contribution in [0.3, 0.4) is 0 Å². The van der Waals surface area contributed by atoms with Crippen molar-refractivity contribution in [3.05, 3.63) is 23.8 Å². The Labute approximate surface area is 125 Å². The molecule has 1 aromatic carbocycles. The molecule has 1 aromatic rings. The monoisotopic (exact) mass is 311 g/mol. The van der Waals surface area contributed by atoms with E-state index in [1.165, 1.54) is 11.2 Å². The molecule has 0 saturated carbocycles. The summed E-state index contributed by atoms with van der Waals surface area (Å²) in [5.74, 6) is -0.0838. The number of nitrogens with two attached hydrogens (primary N) is 1. The summed E-state index contributed by atoms with van der Waals surface area (Å²) in [6.45, 7) is 3.99. The topological polar surface area (TPSA) is 92.5 Å². The maximum atomic E-state index is 12.7. The fraction of sp³-hybridized carbons (Fsp3) is 0.500. The predicted octanol–water partition coefficient (Wildman–Crippen LogP) is 0.866. The molecular formula is C14H21N3O3S. The predicted molar refractivity (Wildman–Crippen MR) is 81.2 cm³/mol. The minimum absolute atomic E-state index is 0.0446. The zero-order valence-corrected chi connectivity index (χ0v) is 13.1. The van der Waals surface area contributed by atoms with Crippen LogP contribution in [0.1, 0.15) is 25.3 Å². The van der Waals surface area contributed by atoms with Crippen LogP contribution in [0.2, 0.25) is 0 Å². The smallest absolute Gasteiger partial charge is 0.245 e. The molecule has 0 spiro atoms. The fourth-order valence-corrected chi connectivity index (χ4v) is 4.48. The molecule has 21 heavy (non-hydrogen) atoms. The number of hydrogen-bond acceptors (Lipinski definition) is 4. The van der Waals surface area contributed by atoms with Crippen LogP contribution in [0.5, 0.6) is 0 Å². The Kier molecular flexibility index (Phi) is 4.53. The maximum Gasteiger partial charge on any atom is 0.245 e. The SMILES string of the molecule is CC(=O)NC1CCN(S(=O)(=O)c2c(C)cccc2N)CC1. The molecule has 7 heteroatoms. The van der Waals surface area contributed by atoms with Crippen molar-refractivity contribution in [2.45, 2.75) is 37.6 Å². The van der Waals surface area contributed by atoms with Crippen LogP contribution in [-0.4, -0.2) is 37.8 Å². The summed E-state index contributed by atoms with van der Waals surface area (Å²) in [5.41, 5.74) is 6.77. The van der Waals surface area contributed by atoms with Crippen LogP contribution in [0.4, 0.5) is 5.69 Å². The molecule has 1 saturated heterocycles. The van der Waals surface area contributed by atoms with Gasteiger partial charge in [-0.05, 0) is 31.4 Å². The van der Waals surface area contributed by atoms with Gasteiger partial charge in [0, 0.05) is 26.1 Å². The first-order valence-corrected chi connectivity index (χ1v) is 8.38. The molecule has 0 atom stereocenters. The van der Waals surface area contributed by atoms with Crippen LogP contribution in [0, 0.1) is 6.92 Å². The molecule has 0 aliphatic carbocycles. The lowest BCUT2D eigenvalue weighted by Crippen LogP contribution is -2.46. The molecule has 1 aliphatic heterocycles. The van der Waals surface area contributed by atoms with Crippen molar-refractivity contribution in [3.63, 3.8) is 0 Å². The molecule has 3 N–H and O–H groups in total. The van der Waals surface area contributed by atoms with Crippen molar-refractivity contribution >= 4 is 21.6 Å². The van der Waals surface area contributed by atoms with Crippen LogP contribution < -0.4 is 11.1 Å². The molecule has 0 aromatic heterocycles. The largest absolute Gasteiger partial charge is 0.398 e. The summed E-state index contributed by atoms with van der Waals surface area (Å²) in [4.78, 5) is 11.2. The molecule has 1 amide bonds. The van der Waals surface area contributed by atoms with Crippen molar-refractivity contribution < 1.29 is 13.2 Å². The average molecular weight is 311 g/mol. The van der Waals surface area contributed by atoms with E-state index in [0.717, 1.165) is 0 Å². The molecular weight excluding hydrogens is 290 g/mol. The van der Waals surface area contributed by atoms with E-state index in [4.69, 9.17) is 5.73 Å². The number of nitrogens with zero attached hydrogens (tertiary/aromatic N) is 1. The number of piperidine rings is 1. The Balaban J connectivity index is 2.17. The summed E-state index contributed by atoms with van der Waals surface area (Å²) in [7, 11) is -3.58. The van der Waals surface area contributed by atoms with Crippen LogP contribution in [0.25, 0.3) is 0 Å². The summed E-state index contributed by atoms with van der Waals surface area (Å²) in [6.07, 6.45) is 1.23. The van der Waals surface area contributed by atoms with Crippen molar-refractivity contribution in [1.82, 2.24) is 9.62 Å². The Morgan fingerprint density at radius 1 is 1.33 bits per heavy atom. The highest BCUT2D eigenvalue weighted by Gasteiger charge is 2.31. The van der Waals surface area contributed by atoms with Crippen molar-refractivity contribution in [1.29, 1.82) is 0 Å². The van der Waals surface area contributed by atoms with E-state index in [0.29, 0.717) is 31.5 Å². The first-order chi connectivity index (χ1) is 9.82. The summed E-state index contributed by atoms with van der Waals surface area (Å²) >= 11 is 0. The number of nitrogen functional groups attached to an aromatic ring is 1. The number of carbonyl (C=O) groups excluding carboxylic acids is 1. The van der Waals surface area contributed by atoms with Crippen molar-refractivity contribution in [2.24, 2.45) is 0 Å². The molecule has 0 unspecified atom stereocenters. The van der Waals surface area contributed by atoms with Crippen LogP contribution in [-0.2, 0) is 14.8 Å². The van der Waals surface area contributed by atoms with Crippen molar-refractivity contribution in [2.75, 3.05) is 18.8 Å². The second-order valence-corrected chi connectivity index (χ2v) is 7.25. The van der Waals surface area contributed by atoms with Gasteiger partial charge in [-0.25, -0.2) is 8.42 Å². The van der Waals surface area contributed by atoms with E-state index < -0.39 is 10.0 Å². The van der Waals surface area contributed by atoms with E-state index in [9.17, 15) is 13.2 Å². The minimum atomic E-state index is -3.58. The van der Waals surface area contributed by atoms with Crippen LogP contribution in [0.15, 0.2) is 23.1 Å². The van der Waals surface area contributed by atoms with E-state index in [1.807, 2.05) is 0 Å². The lowest BCUT2D eigenvalue weighted by atomic mass is 10.1. The van der Waals surface area contributed by atoms with Gasteiger partial charge in [-0.1, -0.05) is 12.1 Å². The summed E-state index contributed by atoms with van der Waals surface area (Å²) in [5, 5.41) is 2.83. The van der Waals surface area contributed by atoms with Gasteiger partial charge < -0.3 is 11.1 Å². The number of nitrogens with one attached hydrogen (secondary N) is 1. The molecule has 0 bridgehead atoms. The Bertz CT molecular complexity index is 615. The Hall–Kier alpha value is -1.60. The molecule has 2 rings (SSSR count). The average Bonchev–Trinajstić information content (AvgIpc) is 2.38. The lowest BCUT2D eigenvalue weighted by Gasteiger charge is -2.32. The molecule has 0 radical (unpaired) electrons. The standard InChI is InChI=1S/C14H21N3O3S/c1-10-4-3-5-13(15)14(10)21(19,20)17-8-6-12(7-9-17)16-11(2)18/h3-5,12H,6-9,15H2,1-2H3,(H,16,18). The third-order valence-corrected chi connectivity index (χ3v) is 5.82. The van der Waals surface area contributed by atoms with Gasteiger partial charge in [0.15, 0.2) is 0 Å². The van der Waals surface area contributed by atoms with Gasteiger partial charge in [0.25, 0.3) is 0 Å². The first-order valence-electron chi connectivity index (χ1n) is 6.94. The third kappa shape index (κ3) is 3.36. The second-order valence-electron chi connectivity index (χ2n) is 5.37. The minimum Gasteiger partial charge on any atom is -0.398 e. The van der Waals surface area contributed by atoms with E-state index in [1.54, 1.807) is 25.1 Å². The molecule has 1 heterocycles. The molecule has 116 valence electrons. The number of aryl methyl sites for hydroxylation is 1. The summed E-state index contributed by atoms with van der Waals surface area (Å²) in [6, 6.07) is 5.13. The van der Waals surface area contributed by atoms with Gasteiger partial charge in [-0.15, -0.1) is 0 Å². The highest BCUT2D eigenvalue weighted by atomic mass is 32.2. The maximum absolute atomic E-state index is 12.7. The van der Waals surface area contributed by atoms with Gasteiger partial charge in [-0.3, -0.25) is 4.79 Å². The molecule has 6 nitrogen and oxygen atoms in total. The normalized spacial score (nSPS) is 17.6. The Morgan fingerprint density at radius 2 is 1.95 bits per heavy atom. The van der Waals surface area contributed by atoms with Gasteiger partial charge >= 0.3 is 0 Å². The van der Waals surface area contributed by atoms with Gasteiger partial charge in [0.2, 0.25) is 15.9 Å². The zero-order chi connectivity index (χ0) is 15.6. The number of anilines is 1.